The van der Waals surface area contributed by atoms with Gasteiger partial charge in [-0.15, -0.1) is 5.11 Å². The van der Waals surface area contributed by atoms with E-state index >= 15 is 0 Å². The van der Waals surface area contributed by atoms with Crippen molar-refractivity contribution in [1.29, 1.82) is 0 Å². The van der Waals surface area contributed by atoms with Crippen LogP contribution in [0.1, 0.15) is 5.56 Å². The molecule has 3 aromatic carbocycles. The zero-order valence-corrected chi connectivity index (χ0v) is 18.1. The number of thioether (sulfide) groups is 1. The zero-order valence-electron chi connectivity index (χ0n) is 15.8. The minimum absolute atomic E-state index is 0.00841. The van der Waals surface area contributed by atoms with E-state index < -0.39 is 0 Å². The standard InChI is InChI=1S/C22H14Cl2N4O2S/c23-15-5-1-3-7-17(15)25-22-26-21(30)20(31-22)12-13-11-14(9-10-19(13)29)27-28-18-8-4-2-6-16(18)24/h1-12,29H,(H,25,26,30)/b20-12+,28-27?. The van der Waals surface area contributed by atoms with Gasteiger partial charge in [-0.2, -0.15) is 5.11 Å². The van der Waals surface area contributed by atoms with Gasteiger partial charge in [0, 0.05) is 5.56 Å². The van der Waals surface area contributed by atoms with E-state index in [4.69, 9.17) is 23.2 Å². The number of aromatic hydroxyl groups is 1. The zero-order chi connectivity index (χ0) is 21.8. The van der Waals surface area contributed by atoms with Crippen LogP contribution >= 0.6 is 35.0 Å². The van der Waals surface area contributed by atoms with Gasteiger partial charge in [-0.1, -0.05) is 47.5 Å². The van der Waals surface area contributed by atoms with Crippen molar-refractivity contribution in [2.45, 2.75) is 0 Å². The first-order valence-corrected chi connectivity index (χ1v) is 10.6. The van der Waals surface area contributed by atoms with E-state index in [0.717, 1.165) is 11.8 Å². The largest absolute Gasteiger partial charge is 0.507 e. The Morgan fingerprint density at radius 3 is 2.29 bits per heavy atom. The Morgan fingerprint density at radius 1 is 0.903 bits per heavy atom. The summed E-state index contributed by atoms with van der Waals surface area (Å²) < 4.78 is 0. The van der Waals surface area contributed by atoms with Crippen LogP contribution in [0.5, 0.6) is 5.75 Å². The highest BCUT2D eigenvalue weighted by Gasteiger charge is 2.24. The molecule has 0 aliphatic carbocycles. The number of benzene rings is 3. The summed E-state index contributed by atoms with van der Waals surface area (Å²) in [5.41, 5.74) is 2.01. The van der Waals surface area contributed by atoms with Crippen LogP contribution in [0.4, 0.5) is 17.1 Å². The molecular formula is C22H14Cl2N4O2S. The van der Waals surface area contributed by atoms with Crippen molar-refractivity contribution in [2.24, 2.45) is 15.2 Å². The summed E-state index contributed by atoms with van der Waals surface area (Å²) in [6.45, 7) is 0. The fourth-order valence-corrected chi connectivity index (χ4v) is 3.81. The number of amidine groups is 1. The maximum Gasteiger partial charge on any atom is 0.264 e. The lowest BCUT2D eigenvalue weighted by atomic mass is 10.1. The van der Waals surface area contributed by atoms with Crippen LogP contribution in [0, 0.1) is 0 Å². The molecule has 31 heavy (non-hydrogen) atoms. The first-order chi connectivity index (χ1) is 15.0. The number of halogens is 2. The van der Waals surface area contributed by atoms with Crippen LogP contribution in [0.3, 0.4) is 0 Å². The van der Waals surface area contributed by atoms with Crippen LogP contribution < -0.4 is 5.32 Å². The van der Waals surface area contributed by atoms with E-state index in [-0.39, 0.29) is 11.7 Å². The summed E-state index contributed by atoms with van der Waals surface area (Å²) >= 11 is 13.4. The van der Waals surface area contributed by atoms with Crippen LogP contribution in [-0.4, -0.2) is 16.2 Å². The Morgan fingerprint density at radius 2 is 1.58 bits per heavy atom. The molecule has 3 aromatic rings. The number of hydrogen-bond acceptors (Lipinski definition) is 6. The molecule has 2 N–H and O–H groups in total. The van der Waals surface area contributed by atoms with Gasteiger partial charge in [0.2, 0.25) is 0 Å². The number of nitrogens with one attached hydrogen (secondary N) is 1. The smallest absolute Gasteiger partial charge is 0.264 e. The number of hydrogen-bond donors (Lipinski definition) is 2. The predicted molar refractivity (Wildman–Crippen MR) is 126 cm³/mol. The molecule has 1 aliphatic rings. The monoisotopic (exact) mass is 468 g/mol. The number of nitrogens with zero attached hydrogens (tertiary/aromatic N) is 3. The van der Waals surface area contributed by atoms with Gasteiger partial charge < -0.3 is 10.4 Å². The second-order valence-corrected chi connectivity index (χ2v) is 8.17. The lowest BCUT2D eigenvalue weighted by Gasteiger charge is -2.02. The third kappa shape index (κ3) is 5.14. The number of carbonyl (C=O) groups excluding carboxylic acids is 1. The summed E-state index contributed by atoms with van der Waals surface area (Å²) in [7, 11) is 0. The molecule has 1 aliphatic heterocycles. The summed E-state index contributed by atoms with van der Waals surface area (Å²) in [5, 5.41) is 22.6. The van der Waals surface area contributed by atoms with Crippen molar-refractivity contribution in [3.8, 4) is 5.75 Å². The highest BCUT2D eigenvalue weighted by Crippen LogP contribution is 2.34. The van der Waals surface area contributed by atoms with Crippen molar-refractivity contribution >= 4 is 69.2 Å². The summed E-state index contributed by atoms with van der Waals surface area (Å²) in [6, 6.07) is 18.9. The van der Waals surface area contributed by atoms with E-state index in [0.29, 0.717) is 42.7 Å². The van der Waals surface area contributed by atoms with Gasteiger partial charge in [0.15, 0.2) is 5.17 Å². The third-order valence-electron chi connectivity index (χ3n) is 4.15. The van der Waals surface area contributed by atoms with E-state index in [1.165, 1.54) is 6.07 Å². The number of rotatable bonds is 4. The Balaban J connectivity index is 1.58. The van der Waals surface area contributed by atoms with Crippen LogP contribution in [-0.2, 0) is 4.79 Å². The molecule has 0 saturated carbocycles. The molecule has 0 spiro atoms. The Kier molecular flexibility index (Phi) is 6.36. The molecule has 0 bridgehead atoms. The maximum absolute atomic E-state index is 12.4. The fourth-order valence-electron chi connectivity index (χ4n) is 2.64. The number of para-hydroxylation sites is 1. The quantitative estimate of drug-likeness (QED) is 0.318. The number of amides is 1. The number of phenolic OH excluding ortho intramolecular Hbond substituents is 1. The van der Waals surface area contributed by atoms with Gasteiger partial charge in [-0.05, 0) is 60.3 Å². The van der Waals surface area contributed by atoms with Gasteiger partial charge in [0.1, 0.15) is 11.4 Å². The number of carbonyl (C=O) groups is 1. The molecule has 4 rings (SSSR count). The van der Waals surface area contributed by atoms with Gasteiger partial charge in [-0.25, -0.2) is 4.99 Å². The van der Waals surface area contributed by atoms with Gasteiger partial charge in [0.25, 0.3) is 5.91 Å². The SMILES string of the molecule is O=C1NC(=Nc2ccccc2Cl)S/C1=C/c1cc(N=Nc2ccccc2Cl)ccc1O. The average Bonchev–Trinajstić information content (AvgIpc) is 3.10. The molecule has 6 nitrogen and oxygen atoms in total. The second-order valence-electron chi connectivity index (χ2n) is 6.33. The molecule has 0 atom stereocenters. The first kappa shape index (κ1) is 21.1. The van der Waals surface area contributed by atoms with E-state index in [1.807, 2.05) is 12.1 Å². The van der Waals surface area contributed by atoms with E-state index in [1.54, 1.807) is 54.6 Å². The van der Waals surface area contributed by atoms with Crippen molar-refractivity contribution in [2.75, 3.05) is 0 Å². The normalized spacial score (nSPS) is 16.4. The fraction of sp³-hybridized carbons (Fsp3) is 0. The van der Waals surface area contributed by atoms with Gasteiger partial charge in [-0.3, -0.25) is 4.79 Å². The Hall–Kier alpha value is -3.13. The molecule has 9 heteroatoms. The summed E-state index contributed by atoms with van der Waals surface area (Å²) in [4.78, 5) is 17.1. The topological polar surface area (TPSA) is 86.4 Å². The molecule has 1 heterocycles. The lowest BCUT2D eigenvalue weighted by Crippen LogP contribution is -2.19. The van der Waals surface area contributed by atoms with Crippen molar-refractivity contribution in [3.63, 3.8) is 0 Å². The van der Waals surface area contributed by atoms with Crippen molar-refractivity contribution in [3.05, 3.63) is 87.2 Å². The number of azo groups is 1. The minimum Gasteiger partial charge on any atom is -0.507 e. The maximum atomic E-state index is 12.4. The van der Waals surface area contributed by atoms with Crippen LogP contribution in [0.15, 0.2) is 86.9 Å². The van der Waals surface area contributed by atoms with E-state index in [9.17, 15) is 9.90 Å². The second kappa shape index (κ2) is 9.34. The lowest BCUT2D eigenvalue weighted by molar-refractivity contribution is -0.115. The van der Waals surface area contributed by atoms with Crippen molar-refractivity contribution < 1.29 is 9.90 Å². The highest BCUT2D eigenvalue weighted by atomic mass is 35.5. The first-order valence-electron chi connectivity index (χ1n) is 9.03. The molecule has 0 unspecified atom stereocenters. The third-order valence-corrected chi connectivity index (χ3v) is 5.70. The molecule has 1 fully saturated rings. The minimum atomic E-state index is -0.321. The molecule has 154 valence electrons. The van der Waals surface area contributed by atoms with Gasteiger partial charge in [0.05, 0.1) is 26.3 Å². The Labute approximate surface area is 192 Å². The molecule has 0 aromatic heterocycles. The van der Waals surface area contributed by atoms with Crippen LogP contribution in [0.2, 0.25) is 10.0 Å². The van der Waals surface area contributed by atoms with Gasteiger partial charge >= 0.3 is 0 Å². The predicted octanol–water partition coefficient (Wildman–Crippen LogP) is 7.01. The highest BCUT2D eigenvalue weighted by molar-refractivity contribution is 8.18. The molecular weight excluding hydrogens is 455 g/mol. The Bertz CT molecular complexity index is 1260. The number of aliphatic imine (C=N–C) groups is 1. The molecule has 1 saturated heterocycles. The van der Waals surface area contributed by atoms with Crippen LogP contribution in [0.25, 0.3) is 6.08 Å². The number of phenols is 1. The summed E-state index contributed by atoms with van der Waals surface area (Å²) in [5.74, 6) is -0.313. The average molecular weight is 469 g/mol. The van der Waals surface area contributed by atoms with Crippen molar-refractivity contribution in [1.82, 2.24) is 5.32 Å². The van der Waals surface area contributed by atoms with E-state index in [2.05, 4.69) is 20.5 Å². The molecule has 0 radical (unpaired) electrons. The summed E-state index contributed by atoms with van der Waals surface area (Å²) in [6.07, 6.45) is 1.57. The molecule has 1 amide bonds.